The predicted octanol–water partition coefficient (Wildman–Crippen LogP) is 2.45. The van der Waals surface area contributed by atoms with Crippen LogP contribution in [0.2, 0.25) is 0 Å². The monoisotopic (exact) mass is 251 g/mol. The van der Waals surface area contributed by atoms with E-state index in [-0.39, 0.29) is 6.10 Å². The molecule has 5 heteroatoms. The van der Waals surface area contributed by atoms with Crippen molar-refractivity contribution in [1.82, 2.24) is 4.98 Å². The Labute approximate surface area is 104 Å². The van der Waals surface area contributed by atoms with Crippen molar-refractivity contribution >= 4 is 32.9 Å². The highest BCUT2D eigenvalue weighted by molar-refractivity contribution is 7.16. The van der Waals surface area contributed by atoms with E-state index in [2.05, 4.69) is 10.3 Å². The highest BCUT2D eigenvalue weighted by Gasteiger charge is 2.06. The Bertz CT molecular complexity index is 495. The van der Waals surface area contributed by atoms with E-state index < -0.39 is 0 Å². The first kappa shape index (κ1) is 12.1. The zero-order chi connectivity index (χ0) is 12.3. The number of nitrogens with zero attached hydrogens (tertiary/aromatic N) is 1. The normalized spacial score (nSPS) is 12.8. The first-order valence-corrected chi connectivity index (χ1v) is 6.60. The lowest BCUT2D eigenvalue weighted by atomic mass is 10.2. The maximum absolute atomic E-state index is 9.16. The number of nitrogens with one attached hydrogen (secondary N) is 1. The molecule has 1 heterocycles. The summed E-state index contributed by atoms with van der Waals surface area (Å²) in [5.74, 6) is 0. The van der Waals surface area contributed by atoms with Crippen LogP contribution in [0, 0.1) is 0 Å². The van der Waals surface area contributed by atoms with Crippen LogP contribution in [0.5, 0.6) is 0 Å². The summed E-state index contributed by atoms with van der Waals surface area (Å²) in [7, 11) is 0. The van der Waals surface area contributed by atoms with Gasteiger partial charge < -0.3 is 16.2 Å². The van der Waals surface area contributed by atoms with Crippen LogP contribution in [0.3, 0.4) is 0 Å². The lowest BCUT2D eigenvalue weighted by Gasteiger charge is -2.10. The number of aliphatic hydroxyl groups excluding tert-OH is 1. The molecule has 0 radical (unpaired) electrons. The largest absolute Gasteiger partial charge is 0.395 e. The van der Waals surface area contributed by atoms with Crippen molar-refractivity contribution in [3.63, 3.8) is 0 Å². The number of aliphatic hydroxyl groups is 1. The average molecular weight is 251 g/mol. The third-order valence-corrected chi connectivity index (χ3v) is 3.45. The second-order valence-electron chi connectivity index (χ2n) is 4.14. The highest BCUT2D eigenvalue weighted by Crippen LogP contribution is 2.29. The molecule has 0 spiro atoms. The zero-order valence-electron chi connectivity index (χ0n) is 9.81. The van der Waals surface area contributed by atoms with Gasteiger partial charge in [0, 0.05) is 6.54 Å². The number of fused-ring (bicyclic) bond motifs is 1. The summed E-state index contributed by atoms with van der Waals surface area (Å²) >= 11 is 1.59. The summed E-state index contributed by atoms with van der Waals surface area (Å²) in [5, 5.41) is 12.4. The first-order valence-electron chi connectivity index (χ1n) is 5.72. The summed E-state index contributed by atoms with van der Waals surface area (Å²) in [4.78, 5) is 4.25. The lowest BCUT2D eigenvalue weighted by Crippen LogP contribution is -2.07. The molecule has 1 aromatic heterocycles. The van der Waals surface area contributed by atoms with Crippen LogP contribution >= 0.6 is 11.3 Å². The lowest BCUT2D eigenvalue weighted by molar-refractivity contribution is 0.183. The maximum atomic E-state index is 9.16. The summed E-state index contributed by atoms with van der Waals surface area (Å²) in [6.45, 7) is 2.61. The van der Waals surface area contributed by atoms with Gasteiger partial charge in [0.15, 0.2) is 0 Å². The zero-order valence-corrected chi connectivity index (χ0v) is 10.6. The van der Waals surface area contributed by atoms with E-state index in [4.69, 9.17) is 10.8 Å². The van der Waals surface area contributed by atoms with Crippen LogP contribution in [0.25, 0.3) is 10.2 Å². The van der Waals surface area contributed by atoms with Gasteiger partial charge in [0.2, 0.25) is 0 Å². The number of nitrogen functional groups attached to an aromatic ring is 1. The predicted molar refractivity (Wildman–Crippen MR) is 73.4 cm³/mol. The topological polar surface area (TPSA) is 71.2 Å². The summed E-state index contributed by atoms with van der Waals surface area (Å²) in [6.07, 6.45) is 1.48. The Morgan fingerprint density at radius 1 is 1.53 bits per heavy atom. The Morgan fingerprint density at radius 3 is 3.12 bits per heavy atom. The van der Waals surface area contributed by atoms with Crippen molar-refractivity contribution in [2.24, 2.45) is 0 Å². The van der Waals surface area contributed by atoms with E-state index >= 15 is 0 Å². The van der Waals surface area contributed by atoms with Gasteiger partial charge in [0.05, 0.1) is 27.7 Å². The molecule has 4 N–H and O–H groups in total. The van der Waals surface area contributed by atoms with E-state index in [1.807, 2.05) is 12.1 Å². The number of hydrogen-bond donors (Lipinski definition) is 3. The molecule has 0 fully saturated rings. The number of thiazole rings is 1. The van der Waals surface area contributed by atoms with Crippen LogP contribution in [-0.4, -0.2) is 22.7 Å². The molecular weight excluding hydrogens is 234 g/mol. The third kappa shape index (κ3) is 2.87. The molecule has 1 aromatic carbocycles. The van der Waals surface area contributed by atoms with Gasteiger partial charge in [-0.1, -0.05) is 0 Å². The van der Waals surface area contributed by atoms with Gasteiger partial charge in [-0.15, -0.1) is 11.3 Å². The third-order valence-electron chi connectivity index (χ3n) is 2.66. The van der Waals surface area contributed by atoms with Gasteiger partial charge >= 0.3 is 0 Å². The van der Waals surface area contributed by atoms with Gasteiger partial charge in [-0.2, -0.15) is 0 Å². The van der Waals surface area contributed by atoms with Gasteiger partial charge in [0.1, 0.15) is 5.52 Å². The van der Waals surface area contributed by atoms with Crippen LogP contribution in [0.15, 0.2) is 17.6 Å². The quantitative estimate of drug-likeness (QED) is 0.564. The molecule has 2 rings (SSSR count). The molecule has 17 heavy (non-hydrogen) atoms. The minimum absolute atomic E-state index is 0.241. The number of nitrogens with two attached hydrogens (primary N) is 1. The smallest absolute Gasteiger partial charge is 0.106 e. The molecule has 0 amide bonds. The first-order chi connectivity index (χ1) is 8.18. The molecule has 0 bridgehead atoms. The fourth-order valence-electron chi connectivity index (χ4n) is 1.73. The van der Waals surface area contributed by atoms with Crippen molar-refractivity contribution < 1.29 is 5.11 Å². The Balaban J connectivity index is 2.01. The average Bonchev–Trinajstić information content (AvgIpc) is 2.75. The van der Waals surface area contributed by atoms with Gasteiger partial charge in [0.25, 0.3) is 0 Å². The molecule has 1 atom stereocenters. The van der Waals surface area contributed by atoms with Gasteiger partial charge in [-0.05, 0) is 31.9 Å². The van der Waals surface area contributed by atoms with E-state index in [1.54, 1.807) is 23.8 Å². The molecular formula is C12H17N3OS. The van der Waals surface area contributed by atoms with Crippen molar-refractivity contribution in [2.45, 2.75) is 25.9 Å². The Morgan fingerprint density at radius 2 is 2.35 bits per heavy atom. The SMILES string of the molecule is CC(O)CCCNc1ccc2scnc2c1N. The number of rotatable bonds is 5. The fraction of sp³-hybridized carbons (Fsp3) is 0.417. The number of benzene rings is 1. The molecule has 4 nitrogen and oxygen atoms in total. The van der Waals surface area contributed by atoms with Crippen LogP contribution in [-0.2, 0) is 0 Å². The molecule has 2 aromatic rings. The molecule has 92 valence electrons. The van der Waals surface area contributed by atoms with Gasteiger partial charge in [-0.3, -0.25) is 0 Å². The standard InChI is InChI=1S/C12H17N3OS/c1-8(16)3-2-6-14-9-4-5-10-12(11(9)13)15-7-17-10/h4-5,7-8,14,16H,2-3,6,13H2,1H3. The fourth-order valence-corrected chi connectivity index (χ4v) is 2.42. The molecule has 0 aliphatic rings. The van der Waals surface area contributed by atoms with E-state index in [1.165, 1.54) is 0 Å². The second kappa shape index (κ2) is 5.33. The molecule has 1 unspecified atom stereocenters. The molecule has 0 saturated heterocycles. The number of aromatic nitrogens is 1. The minimum Gasteiger partial charge on any atom is -0.395 e. The highest BCUT2D eigenvalue weighted by atomic mass is 32.1. The van der Waals surface area contributed by atoms with Crippen molar-refractivity contribution in [1.29, 1.82) is 0 Å². The van der Waals surface area contributed by atoms with Crippen molar-refractivity contribution in [3.05, 3.63) is 17.6 Å². The maximum Gasteiger partial charge on any atom is 0.106 e. The van der Waals surface area contributed by atoms with E-state index in [0.717, 1.165) is 35.3 Å². The summed E-state index contributed by atoms with van der Waals surface area (Å²) in [6, 6.07) is 4.01. The van der Waals surface area contributed by atoms with Crippen molar-refractivity contribution in [2.75, 3.05) is 17.6 Å². The van der Waals surface area contributed by atoms with Gasteiger partial charge in [-0.25, -0.2) is 4.98 Å². The summed E-state index contributed by atoms with van der Waals surface area (Å²) < 4.78 is 1.11. The summed E-state index contributed by atoms with van der Waals surface area (Å²) in [5.41, 5.74) is 10.3. The van der Waals surface area contributed by atoms with E-state index in [0.29, 0.717) is 5.69 Å². The van der Waals surface area contributed by atoms with Crippen LogP contribution in [0.4, 0.5) is 11.4 Å². The van der Waals surface area contributed by atoms with Crippen LogP contribution in [0.1, 0.15) is 19.8 Å². The molecule has 0 aliphatic heterocycles. The Hall–Kier alpha value is -1.33. The second-order valence-corrected chi connectivity index (χ2v) is 5.03. The number of hydrogen-bond acceptors (Lipinski definition) is 5. The van der Waals surface area contributed by atoms with E-state index in [9.17, 15) is 0 Å². The number of anilines is 2. The minimum atomic E-state index is -0.241. The molecule has 0 aliphatic carbocycles. The van der Waals surface area contributed by atoms with Crippen LogP contribution < -0.4 is 11.1 Å². The molecule has 0 saturated carbocycles. The Kier molecular flexibility index (Phi) is 3.81. The van der Waals surface area contributed by atoms with Crippen molar-refractivity contribution in [3.8, 4) is 0 Å².